The van der Waals surface area contributed by atoms with Crippen molar-refractivity contribution in [2.45, 2.75) is 52.2 Å². The number of hydrogen-bond acceptors (Lipinski definition) is 3. The topological polar surface area (TPSA) is 58.4 Å². The largest absolute Gasteiger partial charge is 0.390 e. The van der Waals surface area contributed by atoms with Gasteiger partial charge in [-0.25, -0.2) is 4.98 Å². The molecule has 5 heteroatoms. The molecule has 5 nitrogen and oxygen atoms in total. The Balaban J connectivity index is 1.77. The molecule has 20 heavy (non-hydrogen) atoms. The van der Waals surface area contributed by atoms with Crippen molar-refractivity contribution in [2.75, 3.05) is 13.1 Å². The summed E-state index contributed by atoms with van der Waals surface area (Å²) >= 11 is 0. The average Bonchev–Trinajstić information content (AvgIpc) is 2.78. The van der Waals surface area contributed by atoms with Gasteiger partial charge in [-0.1, -0.05) is 6.92 Å². The number of carbonyl (C=O) groups is 1. The first kappa shape index (κ1) is 15.0. The van der Waals surface area contributed by atoms with E-state index in [1.807, 2.05) is 31.9 Å². The fraction of sp³-hybridized carbons (Fsp3) is 0.733. The van der Waals surface area contributed by atoms with Crippen LogP contribution in [0.15, 0.2) is 12.4 Å². The number of nitrogens with zero attached hydrogens (tertiary/aromatic N) is 3. The minimum atomic E-state index is -0.634. The predicted octanol–water partition coefficient (Wildman–Crippen LogP) is 1.59. The second-order valence-corrected chi connectivity index (χ2v) is 6.12. The summed E-state index contributed by atoms with van der Waals surface area (Å²) < 4.78 is 2.07. The van der Waals surface area contributed by atoms with Crippen LogP contribution in [0.4, 0.5) is 0 Å². The summed E-state index contributed by atoms with van der Waals surface area (Å²) in [6, 6.07) is 0. The molecule has 2 heterocycles. The number of carbonyl (C=O) groups excluding carboxylic acids is 1. The van der Waals surface area contributed by atoms with Crippen molar-refractivity contribution in [3.05, 3.63) is 18.2 Å². The fourth-order valence-corrected chi connectivity index (χ4v) is 2.65. The average molecular weight is 279 g/mol. The van der Waals surface area contributed by atoms with Crippen LogP contribution in [0.5, 0.6) is 0 Å². The molecule has 0 spiro atoms. The van der Waals surface area contributed by atoms with Crippen molar-refractivity contribution in [3.8, 4) is 0 Å². The first-order chi connectivity index (χ1) is 9.40. The number of amides is 1. The fourth-order valence-electron chi connectivity index (χ4n) is 2.65. The number of likely N-dealkylation sites (tertiary alicyclic amines) is 1. The van der Waals surface area contributed by atoms with Gasteiger partial charge in [-0.05, 0) is 26.7 Å². The second kappa shape index (κ2) is 5.95. The van der Waals surface area contributed by atoms with Crippen LogP contribution in [0, 0.1) is 12.8 Å². The molecular formula is C15H25N3O2. The van der Waals surface area contributed by atoms with Gasteiger partial charge in [-0.2, -0.15) is 0 Å². The van der Waals surface area contributed by atoms with E-state index in [1.54, 1.807) is 6.20 Å². The zero-order valence-electron chi connectivity index (χ0n) is 12.7. The molecule has 112 valence electrons. The summed E-state index contributed by atoms with van der Waals surface area (Å²) in [7, 11) is 0. The molecule has 1 saturated heterocycles. The second-order valence-electron chi connectivity index (χ2n) is 6.12. The third kappa shape index (κ3) is 3.39. The van der Waals surface area contributed by atoms with Crippen molar-refractivity contribution >= 4 is 5.91 Å². The van der Waals surface area contributed by atoms with Crippen LogP contribution >= 0.6 is 0 Å². The van der Waals surface area contributed by atoms with Crippen LogP contribution in [0.2, 0.25) is 0 Å². The van der Waals surface area contributed by atoms with Crippen LogP contribution in [-0.2, 0) is 11.3 Å². The van der Waals surface area contributed by atoms with E-state index in [2.05, 4.69) is 9.55 Å². The molecule has 1 aliphatic rings. The van der Waals surface area contributed by atoms with Gasteiger partial charge in [0.05, 0.1) is 5.60 Å². The van der Waals surface area contributed by atoms with Gasteiger partial charge in [0, 0.05) is 44.4 Å². The highest BCUT2D eigenvalue weighted by Gasteiger charge is 2.35. The number of hydrogen-bond donors (Lipinski definition) is 1. The summed E-state index contributed by atoms with van der Waals surface area (Å²) in [6.07, 6.45) is 5.79. The van der Waals surface area contributed by atoms with Gasteiger partial charge in [0.15, 0.2) is 0 Å². The lowest BCUT2D eigenvalue weighted by Crippen LogP contribution is -2.50. The highest BCUT2D eigenvalue weighted by atomic mass is 16.3. The molecule has 0 saturated carbocycles. The summed E-state index contributed by atoms with van der Waals surface area (Å²) in [6.45, 7) is 8.00. The molecule has 1 N–H and O–H groups in total. The maximum absolute atomic E-state index is 12.2. The lowest BCUT2D eigenvalue weighted by Gasteiger charge is -2.41. The smallest absolute Gasteiger partial charge is 0.222 e. The highest BCUT2D eigenvalue weighted by Crippen LogP contribution is 2.27. The Hall–Kier alpha value is -1.36. The van der Waals surface area contributed by atoms with Gasteiger partial charge in [-0.15, -0.1) is 0 Å². The molecule has 2 atom stereocenters. The van der Waals surface area contributed by atoms with Gasteiger partial charge in [0.1, 0.15) is 5.82 Å². The van der Waals surface area contributed by atoms with E-state index < -0.39 is 5.60 Å². The Morgan fingerprint density at radius 3 is 2.95 bits per heavy atom. The van der Waals surface area contributed by atoms with E-state index >= 15 is 0 Å². The van der Waals surface area contributed by atoms with Crippen molar-refractivity contribution in [1.82, 2.24) is 14.5 Å². The summed E-state index contributed by atoms with van der Waals surface area (Å²) in [4.78, 5) is 18.2. The van der Waals surface area contributed by atoms with E-state index in [1.165, 1.54) is 0 Å². The molecule has 1 aliphatic heterocycles. The lowest BCUT2D eigenvalue weighted by molar-refractivity contribution is -0.138. The summed E-state index contributed by atoms with van der Waals surface area (Å²) in [5.74, 6) is 1.32. The Kier molecular flexibility index (Phi) is 4.48. The lowest BCUT2D eigenvalue weighted by atomic mass is 9.84. The van der Waals surface area contributed by atoms with E-state index in [9.17, 15) is 9.90 Å². The molecule has 0 bridgehead atoms. The van der Waals surface area contributed by atoms with Gasteiger partial charge < -0.3 is 14.6 Å². The molecular weight excluding hydrogens is 254 g/mol. The number of aromatic nitrogens is 2. The highest BCUT2D eigenvalue weighted by molar-refractivity contribution is 5.76. The van der Waals surface area contributed by atoms with Gasteiger partial charge in [-0.3, -0.25) is 4.79 Å². The Morgan fingerprint density at radius 2 is 2.35 bits per heavy atom. The zero-order valence-corrected chi connectivity index (χ0v) is 12.7. The SMILES string of the molecule is Cc1nccn1CCCC(=O)N1CC[C@](C)(O)[C@H](C)C1. The third-order valence-electron chi connectivity index (χ3n) is 4.51. The van der Waals surface area contributed by atoms with Crippen LogP contribution in [0.25, 0.3) is 0 Å². The summed E-state index contributed by atoms with van der Waals surface area (Å²) in [5.41, 5.74) is -0.634. The van der Waals surface area contributed by atoms with Crippen molar-refractivity contribution in [3.63, 3.8) is 0 Å². The Labute approximate surface area is 120 Å². The number of aliphatic hydroxyl groups is 1. The number of piperidine rings is 1. The standard InChI is InChI=1S/C15H25N3O2/c1-12-11-18(9-6-15(12,3)20)14(19)5-4-8-17-10-7-16-13(17)2/h7,10,12,20H,4-6,8-9,11H2,1-3H3/t12-,15+/m1/s1. The maximum Gasteiger partial charge on any atom is 0.222 e. The van der Waals surface area contributed by atoms with E-state index in [-0.39, 0.29) is 11.8 Å². The normalized spacial score (nSPS) is 26.8. The Bertz CT molecular complexity index is 467. The molecule has 1 fully saturated rings. The molecule has 1 aromatic rings. The minimum absolute atomic E-state index is 0.135. The molecule has 0 radical (unpaired) electrons. The molecule has 0 unspecified atom stereocenters. The minimum Gasteiger partial charge on any atom is -0.390 e. The predicted molar refractivity (Wildman–Crippen MR) is 77.2 cm³/mol. The third-order valence-corrected chi connectivity index (χ3v) is 4.51. The molecule has 1 amide bonds. The van der Waals surface area contributed by atoms with Gasteiger partial charge in [0.2, 0.25) is 5.91 Å². The number of rotatable bonds is 4. The molecule has 0 aliphatic carbocycles. The van der Waals surface area contributed by atoms with E-state index in [4.69, 9.17) is 0 Å². The van der Waals surface area contributed by atoms with Crippen molar-refractivity contribution in [1.29, 1.82) is 0 Å². The summed E-state index contributed by atoms with van der Waals surface area (Å²) in [5, 5.41) is 10.1. The van der Waals surface area contributed by atoms with E-state index in [0.29, 0.717) is 25.9 Å². The van der Waals surface area contributed by atoms with Crippen LogP contribution in [0.3, 0.4) is 0 Å². The Morgan fingerprint density at radius 1 is 1.60 bits per heavy atom. The number of aryl methyl sites for hydroxylation is 2. The first-order valence-corrected chi connectivity index (χ1v) is 7.38. The number of imidazole rings is 1. The molecule has 1 aromatic heterocycles. The van der Waals surface area contributed by atoms with E-state index in [0.717, 1.165) is 18.8 Å². The quantitative estimate of drug-likeness (QED) is 0.910. The first-order valence-electron chi connectivity index (χ1n) is 7.38. The molecule has 0 aromatic carbocycles. The van der Waals surface area contributed by atoms with Gasteiger partial charge in [0.25, 0.3) is 0 Å². The van der Waals surface area contributed by atoms with Gasteiger partial charge >= 0.3 is 0 Å². The monoisotopic (exact) mass is 279 g/mol. The van der Waals surface area contributed by atoms with Crippen molar-refractivity contribution < 1.29 is 9.90 Å². The van der Waals surface area contributed by atoms with Crippen molar-refractivity contribution in [2.24, 2.45) is 5.92 Å². The van der Waals surface area contributed by atoms with Crippen LogP contribution < -0.4 is 0 Å². The maximum atomic E-state index is 12.2. The van der Waals surface area contributed by atoms with Crippen LogP contribution in [-0.4, -0.2) is 44.2 Å². The zero-order chi connectivity index (χ0) is 14.8. The molecule has 2 rings (SSSR count). The van der Waals surface area contributed by atoms with Crippen LogP contribution in [0.1, 0.15) is 38.9 Å².